The minimum absolute atomic E-state index is 0.00371. The first-order chi connectivity index (χ1) is 14.3. The van der Waals surface area contributed by atoms with Gasteiger partial charge in [-0.25, -0.2) is 8.42 Å². The molecule has 3 rings (SSSR count). The second-order valence-corrected chi connectivity index (χ2v) is 8.52. The van der Waals surface area contributed by atoms with Crippen LogP contribution in [0, 0.1) is 0 Å². The van der Waals surface area contributed by atoms with E-state index in [4.69, 9.17) is 4.74 Å². The van der Waals surface area contributed by atoms with Crippen molar-refractivity contribution >= 4 is 33.4 Å². The van der Waals surface area contributed by atoms with Crippen LogP contribution in [-0.4, -0.2) is 50.6 Å². The molecule has 0 radical (unpaired) electrons. The maximum absolute atomic E-state index is 13.1. The van der Waals surface area contributed by atoms with Crippen molar-refractivity contribution in [2.45, 2.75) is 18.2 Å². The number of amides is 3. The SMILES string of the molecule is CCCN(CC(=O)Nc1ccccc1OC)S(=O)(=O)c1ccc2c(c1)C(=O)NC2=O. The van der Waals surface area contributed by atoms with Crippen LogP contribution in [0.5, 0.6) is 5.75 Å². The first-order valence-electron chi connectivity index (χ1n) is 9.20. The molecular formula is C20H21N3O6S. The molecule has 0 bridgehead atoms. The molecule has 2 aromatic carbocycles. The van der Waals surface area contributed by atoms with Crippen LogP contribution in [-0.2, 0) is 14.8 Å². The van der Waals surface area contributed by atoms with E-state index in [1.807, 2.05) is 0 Å². The van der Waals surface area contributed by atoms with Gasteiger partial charge in [-0.3, -0.25) is 19.7 Å². The van der Waals surface area contributed by atoms with Crippen LogP contribution < -0.4 is 15.4 Å². The summed E-state index contributed by atoms with van der Waals surface area (Å²) in [5.74, 6) is -1.31. The number of hydrogen-bond acceptors (Lipinski definition) is 6. The molecule has 0 unspecified atom stereocenters. The molecule has 0 saturated heterocycles. The van der Waals surface area contributed by atoms with Crippen molar-refractivity contribution in [2.75, 3.05) is 25.5 Å². The number of nitrogens with one attached hydrogen (secondary N) is 2. The van der Waals surface area contributed by atoms with Crippen molar-refractivity contribution < 1.29 is 27.5 Å². The van der Waals surface area contributed by atoms with Crippen molar-refractivity contribution in [1.29, 1.82) is 0 Å². The number of nitrogens with zero attached hydrogens (tertiary/aromatic N) is 1. The molecule has 10 heteroatoms. The highest BCUT2D eigenvalue weighted by Crippen LogP contribution is 2.25. The Labute approximate surface area is 174 Å². The van der Waals surface area contributed by atoms with Gasteiger partial charge in [0.05, 0.1) is 35.4 Å². The highest BCUT2D eigenvalue weighted by molar-refractivity contribution is 7.89. The number of methoxy groups -OCH3 is 1. The molecule has 1 heterocycles. The summed E-state index contributed by atoms with van der Waals surface area (Å²) in [5, 5.41) is 4.77. The maximum atomic E-state index is 13.1. The highest BCUT2D eigenvalue weighted by atomic mass is 32.2. The molecule has 0 aliphatic carbocycles. The standard InChI is InChI=1S/C20H21N3O6S/c1-3-10-23(12-18(24)21-16-6-4-5-7-17(16)29-2)30(27,28)13-8-9-14-15(11-13)20(26)22-19(14)25/h4-9,11H,3,10,12H2,1-2H3,(H,21,24)(H,22,25,26). The minimum atomic E-state index is -4.08. The number of ether oxygens (including phenoxy) is 1. The van der Waals surface area contributed by atoms with Crippen LogP contribution >= 0.6 is 0 Å². The Bertz CT molecular complexity index is 1110. The number of para-hydroxylation sites is 2. The van der Waals surface area contributed by atoms with Gasteiger partial charge in [-0.2, -0.15) is 4.31 Å². The summed E-state index contributed by atoms with van der Waals surface area (Å²) in [7, 11) is -2.61. The fourth-order valence-electron chi connectivity index (χ4n) is 3.09. The Balaban J connectivity index is 1.85. The van der Waals surface area contributed by atoms with Crippen molar-refractivity contribution in [3.63, 3.8) is 0 Å². The minimum Gasteiger partial charge on any atom is -0.495 e. The van der Waals surface area contributed by atoms with Gasteiger partial charge in [0.25, 0.3) is 11.8 Å². The molecule has 0 spiro atoms. The molecule has 2 N–H and O–H groups in total. The van der Waals surface area contributed by atoms with E-state index >= 15 is 0 Å². The smallest absolute Gasteiger partial charge is 0.258 e. The number of hydrogen-bond donors (Lipinski definition) is 2. The number of carbonyl (C=O) groups excluding carboxylic acids is 3. The summed E-state index contributed by atoms with van der Waals surface area (Å²) in [5.41, 5.74) is 0.539. The third-order valence-electron chi connectivity index (χ3n) is 4.52. The van der Waals surface area contributed by atoms with Crippen molar-refractivity contribution in [1.82, 2.24) is 9.62 Å². The molecule has 0 atom stereocenters. The van der Waals surface area contributed by atoms with E-state index in [0.29, 0.717) is 17.9 Å². The summed E-state index contributed by atoms with van der Waals surface area (Å²) < 4.78 is 32.5. The summed E-state index contributed by atoms with van der Waals surface area (Å²) in [6.07, 6.45) is 0.477. The predicted molar refractivity (Wildman–Crippen MR) is 109 cm³/mol. The Hall–Kier alpha value is -3.24. The van der Waals surface area contributed by atoms with Gasteiger partial charge < -0.3 is 10.1 Å². The Morgan fingerprint density at radius 1 is 1.10 bits per heavy atom. The normalized spacial score (nSPS) is 13.2. The number of imide groups is 1. The number of fused-ring (bicyclic) bond motifs is 1. The third-order valence-corrected chi connectivity index (χ3v) is 6.36. The van der Waals surface area contributed by atoms with Gasteiger partial charge in [-0.05, 0) is 36.8 Å². The number of anilines is 1. The first-order valence-corrected chi connectivity index (χ1v) is 10.6. The fourth-order valence-corrected chi connectivity index (χ4v) is 4.60. The van der Waals surface area contributed by atoms with Crippen molar-refractivity contribution in [2.24, 2.45) is 0 Å². The van der Waals surface area contributed by atoms with E-state index in [2.05, 4.69) is 10.6 Å². The highest BCUT2D eigenvalue weighted by Gasteiger charge is 2.31. The van der Waals surface area contributed by atoms with Gasteiger partial charge in [0.1, 0.15) is 5.75 Å². The zero-order valence-electron chi connectivity index (χ0n) is 16.5. The van der Waals surface area contributed by atoms with E-state index in [1.165, 1.54) is 19.2 Å². The van der Waals surface area contributed by atoms with Gasteiger partial charge in [-0.1, -0.05) is 19.1 Å². The molecule has 158 valence electrons. The molecule has 3 amide bonds. The number of rotatable bonds is 8. The molecule has 9 nitrogen and oxygen atoms in total. The first kappa shape index (κ1) is 21.5. The largest absolute Gasteiger partial charge is 0.495 e. The predicted octanol–water partition coefficient (Wildman–Crippen LogP) is 1.62. The topological polar surface area (TPSA) is 122 Å². The van der Waals surface area contributed by atoms with Crippen molar-refractivity contribution in [3.05, 3.63) is 53.6 Å². The number of benzene rings is 2. The lowest BCUT2D eigenvalue weighted by Gasteiger charge is -2.21. The van der Waals surface area contributed by atoms with Crippen LogP contribution in [0.15, 0.2) is 47.4 Å². The van der Waals surface area contributed by atoms with E-state index in [9.17, 15) is 22.8 Å². The van der Waals surface area contributed by atoms with Gasteiger partial charge in [-0.15, -0.1) is 0 Å². The summed E-state index contributed by atoms with van der Waals surface area (Å²) in [6.45, 7) is 1.47. The lowest BCUT2D eigenvalue weighted by Crippen LogP contribution is -2.38. The average molecular weight is 431 g/mol. The van der Waals surface area contributed by atoms with Gasteiger partial charge in [0, 0.05) is 6.54 Å². The Morgan fingerprint density at radius 3 is 2.50 bits per heavy atom. The molecule has 2 aromatic rings. The molecular weight excluding hydrogens is 410 g/mol. The van der Waals surface area contributed by atoms with Crippen molar-refractivity contribution in [3.8, 4) is 5.75 Å². The molecule has 0 fully saturated rings. The quantitative estimate of drug-likeness (QED) is 0.613. The Kier molecular flexibility index (Phi) is 6.18. The number of sulfonamides is 1. The van der Waals surface area contributed by atoms with Gasteiger partial charge in [0.2, 0.25) is 15.9 Å². The van der Waals surface area contributed by atoms with Crippen LogP contribution in [0.3, 0.4) is 0 Å². The molecule has 0 aromatic heterocycles. The van der Waals surface area contributed by atoms with E-state index in [1.54, 1.807) is 31.2 Å². The zero-order chi connectivity index (χ0) is 21.9. The molecule has 1 aliphatic rings. The van der Waals surface area contributed by atoms with E-state index < -0.39 is 34.3 Å². The lowest BCUT2D eigenvalue weighted by molar-refractivity contribution is -0.116. The van der Waals surface area contributed by atoms with Crippen LogP contribution in [0.1, 0.15) is 34.1 Å². The van der Waals surface area contributed by atoms with E-state index in [0.717, 1.165) is 10.4 Å². The zero-order valence-corrected chi connectivity index (χ0v) is 17.3. The number of carbonyl (C=O) groups is 3. The second kappa shape index (κ2) is 8.64. The van der Waals surface area contributed by atoms with Gasteiger partial charge in [0.15, 0.2) is 0 Å². The summed E-state index contributed by atoms with van der Waals surface area (Å²) in [4.78, 5) is 35.9. The molecule has 30 heavy (non-hydrogen) atoms. The average Bonchev–Trinajstić information content (AvgIpc) is 3.01. The van der Waals surface area contributed by atoms with Crippen LogP contribution in [0.2, 0.25) is 0 Å². The monoisotopic (exact) mass is 431 g/mol. The van der Waals surface area contributed by atoms with Crippen LogP contribution in [0.25, 0.3) is 0 Å². The molecule has 0 saturated carbocycles. The molecule has 1 aliphatic heterocycles. The second-order valence-electron chi connectivity index (χ2n) is 6.58. The lowest BCUT2D eigenvalue weighted by atomic mass is 10.1. The maximum Gasteiger partial charge on any atom is 0.258 e. The summed E-state index contributed by atoms with van der Waals surface area (Å²) in [6, 6.07) is 10.5. The van der Waals surface area contributed by atoms with Gasteiger partial charge >= 0.3 is 0 Å². The fraction of sp³-hybridized carbons (Fsp3) is 0.250. The Morgan fingerprint density at radius 2 is 1.80 bits per heavy atom. The summed E-state index contributed by atoms with van der Waals surface area (Å²) >= 11 is 0. The third kappa shape index (κ3) is 4.19. The van der Waals surface area contributed by atoms with Crippen LogP contribution in [0.4, 0.5) is 5.69 Å². The van der Waals surface area contributed by atoms with E-state index in [-0.39, 0.29) is 22.6 Å².